The molecule has 21 heavy (non-hydrogen) atoms. The first-order chi connectivity index (χ1) is 10.2. The lowest BCUT2D eigenvalue weighted by Gasteiger charge is -2.25. The van der Waals surface area contributed by atoms with Crippen LogP contribution in [0.25, 0.3) is 11.6 Å². The van der Waals surface area contributed by atoms with E-state index in [0.29, 0.717) is 0 Å². The van der Waals surface area contributed by atoms with Crippen molar-refractivity contribution in [1.82, 2.24) is 0 Å². The van der Waals surface area contributed by atoms with E-state index in [9.17, 15) is 4.39 Å². The maximum atomic E-state index is 13.2. The van der Waals surface area contributed by atoms with E-state index < -0.39 is 0 Å². The minimum absolute atomic E-state index is 0.0124. The van der Waals surface area contributed by atoms with Crippen LogP contribution in [0.2, 0.25) is 0 Å². The zero-order chi connectivity index (χ0) is 14.8. The Morgan fingerprint density at radius 2 is 1.62 bits per heavy atom. The maximum Gasteiger partial charge on any atom is 0.167 e. The van der Waals surface area contributed by atoms with E-state index in [0.717, 1.165) is 16.7 Å². The summed E-state index contributed by atoms with van der Waals surface area (Å²) in [7, 11) is 3.27. The molecule has 1 aliphatic rings. The van der Waals surface area contributed by atoms with E-state index in [1.54, 1.807) is 26.4 Å². The molecule has 0 saturated heterocycles. The normalized spacial score (nSPS) is 17.0. The van der Waals surface area contributed by atoms with Crippen molar-refractivity contribution >= 4 is 11.6 Å². The van der Waals surface area contributed by atoms with Crippen molar-refractivity contribution in [1.29, 1.82) is 0 Å². The largest absolute Gasteiger partial charge is 0.355 e. The minimum Gasteiger partial charge on any atom is -0.355 e. The van der Waals surface area contributed by atoms with Crippen molar-refractivity contribution in [2.75, 3.05) is 14.2 Å². The summed E-state index contributed by atoms with van der Waals surface area (Å²) in [6.07, 6.45) is 1.75. The molecule has 1 atom stereocenters. The molecule has 0 bridgehead atoms. The standard InChI is InChI=1S/C18H17FO2/c1-20-18(21-2)17-15-6-4-3-5-13(15)11-16(17)12-7-9-14(19)10-8-12/h3-11,17-18H,1-2H3. The molecule has 108 valence electrons. The van der Waals surface area contributed by atoms with Crippen LogP contribution in [-0.2, 0) is 9.47 Å². The maximum absolute atomic E-state index is 13.2. The van der Waals surface area contributed by atoms with Crippen LogP contribution in [0.4, 0.5) is 4.39 Å². The molecule has 0 aromatic heterocycles. The summed E-state index contributed by atoms with van der Waals surface area (Å²) in [6, 6.07) is 14.7. The Kier molecular flexibility index (Phi) is 3.86. The molecule has 2 aromatic carbocycles. The number of fused-ring (bicyclic) bond motifs is 1. The van der Waals surface area contributed by atoms with Crippen LogP contribution >= 0.6 is 0 Å². The average Bonchev–Trinajstić information content (AvgIpc) is 2.89. The highest BCUT2D eigenvalue weighted by Gasteiger charge is 2.33. The lowest BCUT2D eigenvalue weighted by atomic mass is 9.90. The fourth-order valence-corrected chi connectivity index (χ4v) is 2.92. The lowest BCUT2D eigenvalue weighted by Crippen LogP contribution is -2.23. The topological polar surface area (TPSA) is 18.5 Å². The quantitative estimate of drug-likeness (QED) is 0.788. The molecule has 3 heteroatoms. The second kappa shape index (κ2) is 5.80. The molecule has 0 fully saturated rings. The number of hydrogen-bond donors (Lipinski definition) is 0. The van der Waals surface area contributed by atoms with Crippen molar-refractivity contribution in [3.63, 3.8) is 0 Å². The first-order valence-electron chi connectivity index (χ1n) is 6.86. The third kappa shape index (κ3) is 2.50. The third-order valence-electron chi connectivity index (χ3n) is 3.89. The van der Waals surface area contributed by atoms with Crippen LogP contribution in [-0.4, -0.2) is 20.5 Å². The van der Waals surface area contributed by atoms with Gasteiger partial charge in [-0.05, 0) is 34.4 Å². The molecule has 0 spiro atoms. The van der Waals surface area contributed by atoms with E-state index >= 15 is 0 Å². The molecule has 0 heterocycles. The Morgan fingerprint density at radius 1 is 0.952 bits per heavy atom. The first kappa shape index (κ1) is 14.0. The van der Waals surface area contributed by atoms with Gasteiger partial charge in [0, 0.05) is 14.2 Å². The van der Waals surface area contributed by atoms with Crippen LogP contribution < -0.4 is 0 Å². The molecule has 2 nitrogen and oxygen atoms in total. The molecule has 2 aromatic rings. The van der Waals surface area contributed by atoms with Gasteiger partial charge in [0.1, 0.15) is 5.82 Å². The highest BCUT2D eigenvalue weighted by Crippen LogP contribution is 2.44. The van der Waals surface area contributed by atoms with Gasteiger partial charge in [0.15, 0.2) is 6.29 Å². The minimum atomic E-state index is -0.370. The van der Waals surface area contributed by atoms with Crippen molar-refractivity contribution < 1.29 is 13.9 Å². The number of halogens is 1. The summed E-state index contributed by atoms with van der Waals surface area (Å²) < 4.78 is 24.1. The molecule has 0 aliphatic heterocycles. The first-order valence-corrected chi connectivity index (χ1v) is 6.86. The molecule has 1 aliphatic carbocycles. The van der Waals surface area contributed by atoms with E-state index in [1.165, 1.54) is 17.7 Å². The van der Waals surface area contributed by atoms with E-state index in [2.05, 4.69) is 18.2 Å². The number of hydrogen-bond acceptors (Lipinski definition) is 2. The van der Waals surface area contributed by atoms with E-state index in [4.69, 9.17) is 9.47 Å². The van der Waals surface area contributed by atoms with E-state index in [-0.39, 0.29) is 18.0 Å². The zero-order valence-corrected chi connectivity index (χ0v) is 12.0. The van der Waals surface area contributed by atoms with Gasteiger partial charge in [0.05, 0.1) is 5.92 Å². The van der Waals surface area contributed by atoms with Gasteiger partial charge >= 0.3 is 0 Å². The van der Waals surface area contributed by atoms with Crippen LogP contribution in [0.3, 0.4) is 0 Å². The lowest BCUT2D eigenvalue weighted by molar-refractivity contribution is -0.107. The number of methoxy groups -OCH3 is 2. The van der Waals surface area contributed by atoms with Crippen LogP contribution in [0.1, 0.15) is 22.6 Å². The Balaban J connectivity index is 2.08. The third-order valence-corrected chi connectivity index (χ3v) is 3.89. The Labute approximate surface area is 123 Å². The van der Waals surface area contributed by atoms with Gasteiger partial charge in [-0.1, -0.05) is 42.5 Å². The van der Waals surface area contributed by atoms with Gasteiger partial charge in [-0.3, -0.25) is 0 Å². The fraction of sp³-hybridized carbons (Fsp3) is 0.222. The number of benzene rings is 2. The Morgan fingerprint density at radius 3 is 2.29 bits per heavy atom. The van der Waals surface area contributed by atoms with Crippen molar-refractivity contribution in [3.05, 3.63) is 71.0 Å². The summed E-state index contributed by atoms with van der Waals surface area (Å²) in [5.74, 6) is -0.247. The van der Waals surface area contributed by atoms with Gasteiger partial charge in [-0.25, -0.2) is 4.39 Å². The fourth-order valence-electron chi connectivity index (χ4n) is 2.92. The molecule has 0 N–H and O–H groups in total. The monoisotopic (exact) mass is 284 g/mol. The average molecular weight is 284 g/mol. The summed E-state index contributed by atoms with van der Waals surface area (Å²) >= 11 is 0. The van der Waals surface area contributed by atoms with Crippen molar-refractivity contribution in [2.45, 2.75) is 12.2 Å². The molecule has 1 unspecified atom stereocenters. The molecule has 3 rings (SSSR count). The summed E-state index contributed by atoms with van der Waals surface area (Å²) in [6.45, 7) is 0. The number of rotatable bonds is 4. The van der Waals surface area contributed by atoms with E-state index in [1.807, 2.05) is 12.1 Å². The molecular formula is C18H17FO2. The summed E-state index contributed by atoms with van der Waals surface area (Å²) in [4.78, 5) is 0. The Bertz CT molecular complexity index is 657. The van der Waals surface area contributed by atoms with Crippen molar-refractivity contribution in [3.8, 4) is 0 Å². The highest BCUT2D eigenvalue weighted by molar-refractivity contribution is 5.91. The van der Waals surface area contributed by atoms with Gasteiger partial charge in [0.25, 0.3) is 0 Å². The predicted octanol–water partition coefficient (Wildman–Crippen LogP) is 4.08. The molecule has 0 radical (unpaired) electrons. The molecule has 0 amide bonds. The van der Waals surface area contributed by atoms with Crippen LogP contribution in [0.15, 0.2) is 48.5 Å². The highest BCUT2D eigenvalue weighted by atomic mass is 19.1. The SMILES string of the molecule is COC(OC)C1C(c2ccc(F)cc2)=Cc2ccccc21. The summed E-state index contributed by atoms with van der Waals surface area (Å²) in [5, 5.41) is 0. The van der Waals surface area contributed by atoms with Gasteiger partial charge in [-0.15, -0.1) is 0 Å². The Hall–Kier alpha value is -1.97. The van der Waals surface area contributed by atoms with Crippen LogP contribution in [0.5, 0.6) is 0 Å². The van der Waals surface area contributed by atoms with Gasteiger partial charge < -0.3 is 9.47 Å². The smallest absolute Gasteiger partial charge is 0.167 e. The zero-order valence-electron chi connectivity index (χ0n) is 12.0. The van der Waals surface area contributed by atoms with Gasteiger partial charge in [0.2, 0.25) is 0 Å². The number of ether oxygens (including phenoxy) is 2. The predicted molar refractivity (Wildman–Crippen MR) is 81.3 cm³/mol. The van der Waals surface area contributed by atoms with Crippen molar-refractivity contribution in [2.24, 2.45) is 0 Å². The molecule has 0 saturated carbocycles. The summed E-state index contributed by atoms with van der Waals surface area (Å²) in [5.41, 5.74) is 4.40. The second-order valence-corrected chi connectivity index (χ2v) is 5.05. The van der Waals surface area contributed by atoms with Crippen LogP contribution in [0, 0.1) is 5.82 Å². The van der Waals surface area contributed by atoms with Gasteiger partial charge in [-0.2, -0.15) is 0 Å². The second-order valence-electron chi connectivity index (χ2n) is 5.05. The molecular weight excluding hydrogens is 267 g/mol.